The van der Waals surface area contributed by atoms with Crippen molar-refractivity contribution >= 4 is 22.0 Å². The van der Waals surface area contributed by atoms with Crippen LogP contribution in [0.2, 0.25) is 0 Å². The lowest BCUT2D eigenvalue weighted by molar-refractivity contribution is -0.122. The monoisotopic (exact) mass is 427 g/mol. The summed E-state index contributed by atoms with van der Waals surface area (Å²) in [5.41, 5.74) is 0. The topological polar surface area (TPSA) is 155 Å². The molecule has 3 heterocycles. The molecule has 0 bridgehead atoms. The maximum absolute atomic E-state index is 13.0. The summed E-state index contributed by atoms with van der Waals surface area (Å²) in [6.45, 7) is 6.12. The highest BCUT2D eigenvalue weighted by Crippen LogP contribution is 2.26. The van der Waals surface area contributed by atoms with Crippen LogP contribution in [0.3, 0.4) is 0 Å². The van der Waals surface area contributed by atoms with Gasteiger partial charge in [-0.1, -0.05) is 0 Å². The van der Waals surface area contributed by atoms with Crippen LogP contribution in [-0.2, 0) is 14.8 Å². The molecular weight excluding hydrogens is 398 g/mol. The Hall–Kier alpha value is -1.94. The fourth-order valence-corrected chi connectivity index (χ4v) is 6.58. The van der Waals surface area contributed by atoms with E-state index in [4.69, 9.17) is 5.26 Å². The summed E-state index contributed by atoms with van der Waals surface area (Å²) in [6.07, 6.45) is 0.0886. The Labute approximate surface area is 171 Å². The number of nitrogens with zero attached hydrogens (tertiary/aromatic N) is 2. The van der Waals surface area contributed by atoms with E-state index >= 15 is 0 Å². The van der Waals surface area contributed by atoms with Crippen molar-refractivity contribution in [1.82, 2.24) is 30.9 Å². The van der Waals surface area contributed by atoms with Crippen LogP contribution < -0.4 is 26.6 Å². The van der Waals surface area contributed by atoms with Crippen LogP contribution in [0.15, 0.2) is 0 Å². The Balaban J connectivity index is 1.64. The van der Waals surface area contributed by atoms with Crippen molar-refractivity contribution in [3.63, 3.8) is 0 Å². The molecule has 5 N–H and O–H groups in total. The van der Waals surface area contributed by atoms with Gasteiger partial charge in [-0.15, -0.1) is 0 Å². The smallest absolute Gasteiger partial charge is 0.331 e. The zero-order valence-electron chi connectivity index (χ0n) is 16.8. The molecule has 12 heteroatoms. The number of carbonyl (C=O) groups excluding carboxylic acids is 2. The van der Waals surface area contributed by atoms with Crippen LogP contribution in [0.5, 0.6) is 0 Å². The molecule has 162 valence electrons. The minimum Gasteiger partial charge on any atom is -0.352 e. The largest absolute Gasteiger partial charge is 0.352 e. The van der Waals surface area contributed by atoms with E-state index in [1.807, 2.05) is 13.8 Å². The number of urea groups is 1. The molecule has 3 aliphatic heterocycles. The van der Waals surface area contributed by atoms with Crippen LogP contribution in [0.1, 0.15) is 27.2 Å². The minimum atomic E-state index is -3.96. The molecule has 3 fully saturated rings. The lowest BCUT2D eigenvalue weighted by atomic mass is 9.91. The van der Waals surface area contributed by atoms with E-state index in [0.29, 0.717) is 23.8 Å². The van der Waals surface area contributed by atoms with Gasteiger partial charge in [0.25, 0.3) is 0 Å². The van der Waals surface area contributed by atoms with E-state index in [1.165, 1.54) is 0 Å². The number of carbonyl (C=O) groups is 2. The van der Waals surface area contributed by atoms with Crippen molar-refractivity contribution in [2.45, 2.75) is 62.8 Å². The Bertz CT molecular complexity index is 798. The van der Waals surface area contributed by atoms with Gasteiger partial charge in [-0.25, -0.2) is 17.5 Å². The molecule has 3 rings (SSSR count). The zero-order chi connectivity index (χ0) is 21.3. The Morgan fingerprint density at radius 2 is 2.07 bits per heavy atom. The molecule has 11 nitrogen and oxygen atoms in total. The Morgan fingerprint density at radius 3 is 2.72 bits per heavy atom. The molecule has 0 aromatic rings. The third-order valence-electron chi connectivity index (χ3n) is 6.07. The predicted molar refractivity (Wildman–Crippen MR) is 105 cm³/mol. The highest BCUT2D eigenvalue weighted by atomic mass is 32.2. The zero-order valence-corrected chi connectivity index (χ0v) is 17.6. The first-order valence-electron chi connectivity index (χ1n) is 9.89. The molecule has 3 aliphatic rings. The summed E-state index contributed by atoms with van der Waals surface area (Å²) in [5.74, 6) is -0.539. The maximum atomic E-state index is 13.0. The summed E-state index contributed by atoms with van der Waals surface area (Å²) < 4.78 is 26.7. The Kier molecular flexibility index (Phi) is 6.33. The molecule has 0 aliphatic carbocycles. The van der Waals surface area contributed by atoms with E-state index in [9.17, 15) is 18.0 Å². The molecule has 6 unspecified atom stereocenters. The molecular formula is C17H29N7O4S. The average Bonchev–Trinajstić information content (AvgIpc) is 2.64. The SMILES string of the molecule is CC1NC(C#N)NCC1[C@H](C)NC(=O)CN1C(=O)NC2CCNC(C)C2S1(=O)=O. The van der Waals surface area contributed by atoms with Crippen LogP contribution in [0.4, 0.5) is 4.79 Å². The summed E-state index contributed by atoms with van der Waals surface area (Å²) in [4.78, 5) is 25.0. The molecule has 7 atom stereocenters. The number of piperidine rings is 1. The Morgan fingerprint density at radius 1 is 1.34 bits per heavy atom. The van der Waals surface area contributed by atoms with E-state index in [1.54, 1.807) is 6.92 Å². The second-order valence-electron chi connectivity index (χ2n) is 8.05. The number of nitriles is 1. The van der Waals surface area contributed by atoms with Gasteiger partial charge in [0.15, 0.2) is 0 Å². The molecule has 3 amide bonds. The minimum absolute atomic E-state index is 0.00212. The first-order chi connectivity index (χ1) is 13.6. The van der Waals surface area contributed by atoms with Crippen LogP contribution in [-0.4, -0.2) is 79.9 Å². The number of nitrogens with one attached hydrogen (secondary N) is 5. The summed E-state index contributed by atoms with van der Waals surface area (Å²) in [7, 11) is -3.96. The molecule has 29 heavy (non-hydrogen) atoms. The van der Waals surface area contributed by atoms with Crippen molar-refractivity contribution in [2.75, 3.05) is 19.6 Å². The number of fused-ring (bicyclic) bond motifs is 1. The number of hydrogen-bond donors (Lipinski definition) is 5. The third kappa shape index (κ3) is 4.32. The fourth-order valence-electron chi connectivity index (χ4n) is 4.48. The maximum Gasteiger partial charge on any atom is 0.331 e. The van der Waals surface area contributed by atoms with Gasteiger partial charge < -0.3 is 16.0 Å². The molecule has 0 aromatic carbocycles. The van der Waals surface area contributed by atoms with Gasteiger partial charge in [0, 0.05) is 30.6 Å². The van der Waals surface area contributed by atoms with E-state index in [-0.39, 0.29) is 24.0 Å². The van der Waals surface area contributed by atoms with Crippen molar-refractivity contribution in [1.29, 1.82) is 5.26 Å². The van der Waals surface area contributed by atoms with E-state index < -0.39 is 46.0 Å². The van der Waals surface area contributed by atoms with Gasteiger partial charge in [-0.2, -0.15) is 5.26 Å². The number of amides is 3. The number of rotatable bonds is 4. The van der Waals surface area contributed by atoms with Crippen LogP contribution in [0.25, 0.3) is 0 Å². The van der Waals surface area contributed by atoms with E-state index in [0.717, 1.165) is 0 Å². The third-order valence-corrected chi connectivity index (χ3v) is 8.41. The molecule has 0 spiro atoms. The second-order valence-corrected chi connectivity index (χ2v) is 10.1. The standard InChI is InChI=1S/C17H29N7O4S/c1-9-12(7-20-14(6-18)21-9)10(2)22-15(25)8-24-17(26)23-13-4-5-19-11(3)16(13)29(24,27)28/h9-14,16,19-21H,4-5,7-8H2,1-3H3,(H,22,25)(H,23,26)/t9?,10-,11?,12?,13?,14?,16?/m0/s1. The lowest BCUT2D eigenvalue weighted by Gasteiger charge is -2.44. The summed E-state index contributed by atoms with van der Waals surface area (Å²) in [6, 6.07) is 0.268. The molecule has 0 saturated carbocycles. The first kappa shape index (κ1) is 21.8. The second kappa shape index (κ2) is 8.43. The summed E-state index contributed by atoms with van der Waals surface area (Å²) >= 11 is 0. The van der Waals surface area contributed by atoms with Gasteiger partial charge >= 0.3 is 6.03 Å². The van der Waals surface area contributed by atoms with Crippen molar-refractivity contribution in [3.8, 4) is 6.07 Å². The number of sulfonamides is 1. The fraction of sp³-hybridized carbons (Fsp3) is 0.824. The highest BCUT2D eigenvalue weighted by Gasteiger charge is 2.50. The summed E-state index contributed by atoms with van der Waals surface area (Å²) in [5, 5.41) is 23.0. The van der Waals surface area contributed by atoms with Crippen molar-refractivity contribution < 1.29 is 18.0 Å². The van der Waals surface area contributed by atoms with Crippen molar-refractivity contribution in [2.24, 2.45) is 5.92 Å². The highest BCUT2D eigenvalue weighted by molar-refractivity contribution is 7.90. The molecule has 3 saturated heterocycles. The normalized spacial score (nSPS) is 37.6. The van der Waals surface area contributed by atoms with E-state index in [2.05, 4.69) is 32.7 Å². The van der Waals surface area contributed by atoms with Gasteiger partial charge in [-0.05, 0) is 33.7 Å². The predicted octanol–water partition coefficient (Wildman–Crippen LogP) is -1.99. The van der Waals surface area contributed by atoms with Gasteiger partial charge in [0.2, 0.25) is 15.9 Å². The van der Waals surface area contributed by atoms with Gasteiger partial charge in [-0.3, -0.25) is 15.4 Å². The van der Waals surface area contributed by atoms with Crippen LogP contribution in [0, 0.1) is 17.2 Å². The van der Waals surface area contributed by atoms with Crippen molar-refractivity contribution in [3.05, 3.63) is 0 Å². The lowest BCUT2D eigenvalue weighted by Crippen LogP contribution is -2.70. The molecule has 0 radical (unpaired) electrons. The average molecular weight is 428 g/mol. The van der Waals surface area contributed by atoms with Crippen LogP contribution >= 0.6 is 0 Å². The molecule has 0 aromatic heterocycles. The quantitative estimate of drug-likeness (QED) is 0.345. The first-order valence-corrected chi connectivity index (χ1v) is 11.4. The van der Waals surface area contributed by atoms with Gasteiger partial charge in [0.1, 0.15) is 18.0 Å². The number of hydrogen-bond acceptors (Lipinski definition) is 8. The van der Waals surface area contributed by atoms with Gasteiger partial charge in [0.05, 0.1) is 12.1 Å².